The van der Waals surface area contributed by atoms with E-state index in [1.165, 1.54) is 0 Å². The summed E-state index contributed by atoms with van der Waals surface area (Å²) < 4.78 is 0. The Balaban J connectivity index is 1.67. The van der Waals surface area contributed by atoms with Crippen LogP contribution >= 0.6 is 11.6 Å². The number of aryl methyl sites for hydroxylation is 1. The van der Waals surface area contributed by atoms with Crippen LogP contribution in [0.3, 0.4) is 0 Å². The number of carbonyl (C=O) groups is 1. The fourth-order valence-electron chi connectivity index (χ4n) is 3.36. The highest BCUT2D eigenvalue weighted by molar-refractivity contribution is 6.17. The van der Waals surface area contributed by atoms with Gasteiger partial charge in [-0.05, 0) is 41.8 Å². The number of rotatable bonds is 5. The molecule has 5 heteroatoms. The van der Waals surface area contributed by atoms with Gasteiger partial charge in [0.05, 0.1) is 6.21 Å². The maximum absolute atomic E-state index is 12.9. The Morgan fingerprint density at radius 1 is 1.07 bits per heavy atom. The second kappa shape index (κ2) is 8.33. The fourth-order valence-corrected chi connectivity index (χ4v) is 3.52. The minimum atomic E-state index is -0.289. The van der Waals surface area contributed by atoms with Gasteiger partial charge in [-0.2, -0.15) is 5.10 Å². The molecule has 0 aliphatic heterocycles. The molecule has 4 nitrogen and oxygen atoms in total. The van der Waals surface area contributed by atoms with E-state index in [0.29, 0.717) is 11.6 Å². The van der Waals surface area contributed by atoms with Crippen molar-refractivity contribution < 1.29 is 4.79 Å². The molecule has 144 valence electrons. The molecule has 2 N–H and O–H groups in total. The largest absolute Gasteiger partial charge is 0.350 e. The van der Waals surface area contributed by atoms with Crippen molar-refractivity contribution in [3.8, 4) is 11.1 Å². The van der Waals surface area contributed by atoms with Crippen molar-refractivity contribution in [2.24, 2.45) is 5.10 Å². The summed E-state index contributed by atoms with van der Waals surface area (Å²) in [5, 5.41) is 5.14. The molecule has 4 rings (SSSR count). The molecule has 0 fully saturated rings. The standard InChI is InChI=1S/C24H20ClN3O/c1-16-10-11-21-20(12-16)22(19-8-3-2-4-9-19)23(27-21)24(29)28-26-15-18-7-5-6-17(13-18)14-25/h2-13,15,27H,14H2,1H3,(H,28,29)/b26-15+. The first-order chi connectivity index (χ1) is 14.2. The van der Waals surface area contributed by atoms with Crippen LogP contribution < -0.4 is 5.43 Å². The fraction of sp³-hybridized carbons (Fsp3) is 0.0833. The molecule has 1 amide bonds. The number of fused-ring (bicyclic) bond motifs is 1. The molecule has 3 aromatic carbocycles. The quantitative estimate of drug-likeness (QED) is 0.253. The molecule has 1 aromatic heterocycles. The number of H-pyrrole nitrogens is 1. The molecular weight excluding hydrogens is 382 g/mol. The number of hydrogen-bond donors (Lipinski definition) is 2. The van der Waals surface area contributed by atoms with Crippen LogP contribution in [-0.4, -0.2) is 17.1 Å². The summed E-state index contributed by atoms with van der Waals surface area (Å²) in [7, 11) is 0. The molecule has 0 spiro atoms. The van der Waals surface area contributed by atoms with Crippen LogP contribution in [0.4, 0.5) is 0 Å². The molecule has 29 heavy (non-hydrogen) atoms. The van der Waals surface area contributed by atoms with Gasteiger partial charge in [-0.1, -0.05) is 60.2 Å². The summed E-state index contributed by atoms with van der Waals surface area (Å²) in [6.07, 6.45) is 1.61. The van der Waals surface area contributed by atoms with Gasteiger partial charge in [0.2, 0.25) is 0 Å². The zero-order valence-corrected chi connectivity index (χ0v) is 16.7. The number of alkyl halides is 1. The van der Waals surface area contributed by atoms with Crippen molar-refractivity contribution in [3.05, 3.63) is 95.2 Å². The predicted molar refractivity (Wildman–Crippen MR) is 120 cm³/mol. The number of nitrogens with zero attached hydrogens (tertiary/aromatic N) is 1. The first-order valence-corrected chi connectivity index (χ1v) is 9.85. The second-order valence-electron chi connectivity index (χ2n) is 6.87. The Bertz CT molecular complexity index is 1200. The second-order valence-corrected chi connectivity index (χ2v) is 7.14. The number of amides is 1. The van der Waals surface area contributed by atoms with Crippen LogP contribution in [-0.2, 0) is 5.88 Å². The normalized spacial score (nSPS) is 11.2. The van der Waals surface area contributed by atoms with Crippen molar-refractivity contribution in [3.63, 3.8) is 0 Å². The van der Waals surface area contributed by atoms with E-state index in [1.807, 2.05) is 73.7 Å². The molecule has 0 saturated carbocycles. The van der Waals surface area contributed by atoms with Crippen molar-refractivity contribution in [2.45, 2.75) is 12.8 Å². The predicted octanol–water partition coefficient (Wildman–Crippen LogP) is 5.65. The molecule has 0 unspecified atom stereocenters. The molecule has 0 saturated heterocycles. The van der Waals surface area contributed by atoms with Crippen LogP contribution in [0.5, 0.6) is 0 Å². The number of hydrogen-bond acceptors (Lipinski definition) is 2. The third-order valence-electron chi connectivity index (χ3n) is 4.73. The van der Waals surface area contributed by atoms with E-state index in [1.54, 1.807) is 6.21 Å². The highest BCUT2D eigenvalue weighted by Gasteiger charge is 2.19. The lowest BCUT2D eigenvalue weighted by Crippen LogP contribution is -2.18. The molecule has 0 radical (unpaired) electrons. The molecule has 0 aliphatic rings. The van der Waals surface area contributed by atoms with E-state index >= 15 is 0 Å². The van der Waals surface area contributed by atoms with E-state index in [-0.39, 0.29) is 5.91 Å². The Morgan fingerprint density at radius 3 is 2.69 bits per heavy atom. The van der Waals surface area contributed by atoms with Gasteiger partial charge < -0.3 is 4.98 Å². The highest BCUT2D eigenvalue weighted by atomic mass is 35.5. The number of nitrogens with one attached hydrogen (secondary N) is 2. The van der Waals surface area contributed by atoms with Crippen molar-refractivity contribution >= 4 is 34.6 Å². The Morgan fingerprint density at radius 2 is 1.90 bits per heavy atom. The average Bonchev–Trinajstić information content (AvgIpc) is 3.13. The summed E-state index contributed by atoms with van der Waals surface area (Å²) in [6, 6.07) is 23.7. The lowest BCUT2D eigenvalue weighted by Gasteiger charge is -2.05. The van der Waals surface area contributed by atoms with E-state index in [2.05, 4.69) is 21.6 Å². The minimum Gasteiger partial charge on any atom is -0.350 e. The monoisotopic (exact) mass is 401 g/mol. The van der Waals surface area contributed by atoms with Gasteiger partial charge in [-0.3, -0.25) is 4.79 Å². The summed E-state index contributed by atoms with van der Waals surface area (Å²) in [4.78, 5) is 16.2. The van der Waals surface area contributed by atoms with Gasteiger partial charge in [0.15, 0.2) is 0 Å². The number of aromatic nitrogens is 1. The molecule has 1 heterocycles. The number of carbonyl (C=O) groups excluding carboxylic acids is 1. The van der Waals surface area contributed by atoms with Crippen molar-refractivity contribution in [1.29, 1.82) is 0 Å². The summed E-state index contributed by atoms with van der Waals surface area (Å²) >= 11 is 5.87. The third-order valence-corrected chi connectivity index (χ3v) is 5.04. The maximum Gasteiger partial charge on any atom is 0.288 e. The Hall–Kier alpha value is -3.37. The number of halogens is 1. The maximum atomic E-state index is 12.9. The third kappa shape index (κ3) is 4.08. The molecule has 0 atom stereocenters. The Kier molecular flexibility index (Phi) is 5.45. The minimum absolute atomic E-state index is 0.289. The van der Waals surface area contributed by atoms with Crippen LogP contribution in [0, 0.1) is 6.92 Å². The summed E-state index contributed by atoms with van der Waals surface area (Å²) in [5.41, 5.74) is 8.91. The van der Waals surface area contributed by atoms with Crippen LogP contribution in [0.1, 0.15) is 27.2 Å². The Labute approximate surface area is 174 Å². The molecule has 0 aliphatic carbocycles. The van der Waals surface area contributed by atoms with Gasteiger partial charge in [0.1, 0.15) is 5.69 Å². The van der Waals surface area contributed by atoms with Gasteiger partial charge in [0.25, 0.3) is 5.91 Å². The van der Waals surface area contributed by atoms with E-state index in [0.717, 1.165) is 38.7 Å². The van der Waals surface area contributed by atoms with Crippen LogP contribution in [0.15, 0.2) is 77.9 Å². The molecule has 4 aromatic rings. The van der Waals surface area contributed by atoms with Crippen LogP contribution in [0.25, 0.3) is 22.0 Å². The zero-order chi connectivity index (χ0) is 20.2. The lowest BCUT2D eigenvalue weighted by molar-refractivity contribution is 0.0951. The first kappa shape index (κ1) is 19.0. The average molecular weight is 402 g/mol. The highest BCUT2D eigenvalue weighted by Crippen LogP contribution is 2.33. The van der Waals surface area contributed by atoms with E-state index < -0.39 is 0 Å². The lowest BCUT2D eigenvalue weighted by atomic mass is 10.0. The smallest absolute Gasteiger partial charge is 0.288 e. The van der Waals surface area contributed by atoms with Gasteiger partial charge in [-0.25, -0.2) is 5.43 Å². The molecule has 0 bridgehead atoms. The van der Waals surface area contributed by atoms with Gasteiger partial charge in [0, 0.05) is 22.3 Å². The van der Waals surface area contributed by atoms with E-state index in [4.69, 9.17) is 11.6 Å². The van der Waals surface area contributed by atoms with Gasteiger partial charge in [-0.15, -0.1) is 11.6 Å². The zero-order valence-electron chi connectivity index (χ0n) is 15.9. The van der Waals surface area contributed by atoms with E-state index in [9.17, 15) is 4.79 Å². The van der Waals surface area contributed by atoms with Crippen LogP contribution in [0.2, 0.25) is 0 Å². The SMILES string of the molecule is Cc1ccc2[nH]c(C(=O)N/N=C/c3cccc(CCl)c3)c(-c3ccccc3)c2c1. The topological polar surface area (TPSA) is 57.2 Å². The van der Waals surface area contributed by atoms with Gasteiger partial charge >= 0.3 is 0 Å². The van der Waals surface area contributed by atoms with Crippen molar-refractivity contribution in [2.75, 3.05) is 0 Å². The number of benzene rings is 3. The summed E-state index contributed by atoms with van der Waals surface area (Å²) in [6.45, 7) is 2.04. The first-order valence-electron chi connectivity index (χ1n) is 9.32. The molecular formula is C24H20ClN3O. The summed E-state index contributed by atoms with van der Waals surface area (Å²) in [5.74, 6) is 0.144. The van der Waals surface area contributed by atoms with Crippen molar-refractivity contribution in [1.82, 2.24) is 10.4 Å². The number of aromatic amines is 1. The number of hydrazone groups is 1.